The fourth-order valence-corrected chi connectivity index (χ4v) is 4.35. The van der Waals surface area contributed by atoms with Crippen molar-refractivity contribution in [1.82, 2.24) is 4.72 Å². The monoisotopic (exact) mass is 346 g/mol. The highest BCUT2D eigenvalue weighted by molar-refractivity contribution is 7.89. The number of halogens is 1. The van der Waals surface area contributed by atoms with Gasteiger partial charge in [-0.1, -0.05) is 49.1 Å². The molecule has 0 atom stereocenters. The van der Waals surface area contributed by atoms with Gasteiger partial charge in [-0.3, -0.25) is 0 Å². The number of sulfonamides is 1. The normalized spacial score (nSPS) is 16.8. The van der Waals surface area contributed by atoms with E-state index in [0.717, 1.165) is 12.8 Å². The second-order valence-corrected chi connectivity index (χ2v) is 7.95. The second kappa shape index (κ2) is 7.05. The topological polar surface area (TPSA) is 72.2 Å². The minimum absolute atomic E-state index is 0.0694. The quantitative estimate of drug-likeness (QED) is 0.804. The number of nitrogens with one attached hydrogen (secondary N) is 1. The minimum atomic E-state index is -3.60. The van der Waals surface area contributed by atoms with Crippen molar-refractivity contribution in [1.29, 1.82) is 0 Å². The highest BCUT2D eigenvalue weighted by atomic mass is 35.5. The smallest absolute Gasteiger partial charge is 0.242 e. The molecule has 7 heteroatoms. The molecule has 1 fully saturated rings. The van der Waals surface area contributed by atoms with Gasteiger partial charge in [0, 0.05) is 12.1 Å². The van der Waals surface area contributed by atoms with Crippen molar-refractivity contribution in [2.24, 2.45) is 11.7 Å². The Labute approximate surface area is 136 Å². The first kappa shape index (κ1) is 16.7. The van der Waals surface area contributed by atoms with Crippen LogP contribution in [-0.2, 0) is 10.0 Å². The molecule has 0 spiro atoms. The molecule has 0 bridgehead atoms. The SMILES string of the molecule is NC(=S)c1ccc(S(=O)(=O)NCC2CCCCC2)c(Cl)c1. The predicted octanol–water partition coefficient (Wildman–Crippen LogP) is 2.83. The van der Waals surface area contributed by atoms with E-state index in [2.05, 4.69) is 4.72 Å². The summed E-state index contributed by atoms with van der Waals surface area (Å²) in [5.41, 5.74) is 6.06. The summed E-state index contributed by atoms with van der Waals surface area (Å²) in [5.74, 6) is 0.420. The molecule has 0 unspecified atom stereocenters. The maximum absolute atomic E-state index is 12.3. The van der Waals surface area contributed by atoms with Crippen LogP contribution < -0.4 is 10.5 Å². The molecule has 0 radical (unpaired) electrons. The third-order valence-electron chi connectivity index (χ3n) is 3.79. The molecule has 1 saturated carbocycles. The van der Waals surface area contributed by atoms with E-state index in [-0.39, 0.29) is 14.9 Å². The number of nitrogens with two attached hydrogens (primary N) is 1. The Kier molecular flexibility index (Phi) is 5.60. The summed E-state index contributed by atoms with van der Waals surface area (Å²) in [6.07, 6.45) is 5.76. The molecule has 0 saturated heterocycles. The van der Waals surface area contributed by atoms with E-state index in [1.807, 2.05) is 0 Å². The van der Waals surface area contributed by atoms with Crippen LogP contribution >= 0.6 is 23.8 Å². The molecule has 2 rings (SSSR count). The van der Waals surface area contributed by atoms with Gasteiger partial charge >= 0.3 is 0 Å². The Balaban J connectivity index is 2.10. The molecular weight excluding hydrogens is 328 g/mol. The number of hydrogen-bond donors (Lipinski definition) is 2. The molecule has 1 aliphatic rings. The minimum Gasteiger partial charge on any atom is -0.389 e. The van der Waals surface area contributed by atoms with Gasteiger partial charge in [0.1, 0.15) is 9.88 Å². The summed E-state index contributed by atoms with van der Waals surface area (Å²) in [4.78, 5) is 0.260. The van der Waals surface area contributed by atoms with Gasteiger partial charge in [-0.15, -0.1) is 0 Å². The first-order valence-electron chi connectivity index (χ1n) is 6.99. The molecule has 4 nitrogen and oxygen atoms in total. The first-order chi connectivity index (χ1) is 9.90. The summed E-state index contributed by atoms with van der Waals surface area (Å²) in [7, 11) is -3.60. The van der Waals surface area contributed by atoms with Crippen LogP contribution in [0.15, 0.2) is 23.1 Å². The summed E-state index contributed by atoms with van der Waals surface area (Å²) in [6.45, 7) is 0.468. The molecule has 0 heterocycles. The lowest BCUT2D eigenvalue weighted by Gasteiger charge is -2.21. The van der Waals surface area contributed by atoms with Gasteiger partial charge in [-0.05, 0) is 30.9 Å². The van der Waals surface area contributed by atoms with Crippen LogP contribution in [0.25, 0.3) is 0 Å². The average Bonchev–Trinajstić information content (AvgIpc) is 2.46. The number of hydrogen-bond acceptors (Lipinski definition) is 3. The third-order valence-corrected chi connectivity index (χ3v) is 5.93. The molecular formula is C14H19ClN2O2S2. The summed E-state index contributed by atoms with van der Waals surface area (Å²) >= 11 is 10.9. The van der Waals surface area contributed by atoms with E-state index in [4.69, 9.17) is 29.6 Å². The van der Waals surface area contributed by atoms with Gasteiger partial charge in [0.15, 0.2) is 0 Å². The summed E-state index contributed by atoms with van der Waals surface area (Å²) in [6, 6.07) is 4.50. The van der Waals surface area contributed by atoms with Gasteiger partial charge < -0.3 is 5.73 Å². The lowest BCUT2D eigenvalue weighted by Crippen LogP contribution is -2.30. The van der Waals surface area contributed by atoms with Crippen LogP contribution in [0.2, 0.25) is 5.02 Å². The highest BCUT2D eigenvalue weighted by Gasteiger charge is 2.21. The fraction of sp³-hybridized carbons (Fsp3) is 0.500. The van der Waals surface area contributed by atoms with Crippen molar-refractivity contribution in [3.8, 4) is 0 Å². The molecule has 1 aromatic carbocycles. The number of benzene rings is 1. The van der Waals surface area contributed by atoms with Crippen LogP contribution in [0, 0.1) is 5.92 Å². The number of rotatable bonds is 5. The van der Waals surface area contributed by atoms with E-state index in [1.54, 1.807) is 6.07 Å². The zero-order chi connectivity index (χ0) is 15.5. The van der Waals surface area contributed by atoms with Gasteiger partial charge in [0.25, 0.3) is 0 Å². The summed E-state index contributed by atoms with van der Waals surface area (Å²) < 4.78 is 27.3. The van der Waals surface area contributed by atoms with Crippen LogP contribution in [0.4, 0.5) is 0 Å². The second-order valence-electron chi connectivity index (χ2n) is 5.37. The van der Waals surface area contributed by atoms with Crippen LogP contribution in [-0.4, -0.2) is 20.0 Å². The van der Waals surface area contributed by atoms with E-state index in [1.165, 1.54) is 31.4 Å². The van der Waals surface area contributed by atoms with E-state index in [0.29, 0.717) is 18.0 Å². The van der Waals surface area contributed by atoms with Crippen molar-refractivity contribution in [3.63, 3.8) is 0 Å². The van der Waals surface area contributed by atoms with E-state index < -0.39 is 10.0 Å². The Bertz CT molecular complexity index is 626. The Morgan fingerprint density at radius 1 is 1.33 bits per heavy atom. The van der Waals surface area contributed by atoms with Crippen LogP contribution in [0.3, 0.4) is 0 Å². The standard InChI is InChI=1S/C14H19ClN2O2S2/c15-12-8-11(14(16)20)6-7-13(12)21(18,19)17-9-10-4-2-1-3-5-10/h6-8,10,17H,1-5,9H2,(H2,16,20). The van der Waals surface area contributed by atoms with Gasteiger partial charge in [0.2, 0.25) is 10.0 Å². The highest BCUT2D eigenvalue weighted by Crippen LogP contribution is 2.25. The molecule has 0 aromatic heterocycles. The van der Waals surface area contributed by atoms with Gasteiger partial charge in [-0.25, -0.2) is 13.1 Å². The third kappa shape index (κ3) is 4.39. The van der Waals surface area contributed by atoms with Gasteiger partial charge in [-0.2, -0.15) is 0 Å². The van der Waals surface area contributed by atoms with Crippen molar-refractivity contribution in [2.75, 3.05) is 6.54 Å². The Morgan fingerprint density at radius 3 is 2.57 bits per heavy atom. The Hall–Kier alpha value is -0.690. The lowest BCUT2D eigenvalue weighted by atomic mass is 9.90. The van der Waals surface area contributed by atoms with Crippen molar-refractivity contribution in [2.45, 2.75) is 37.0 Å². The number of thiocarbonyl (C=S) groups is 1. The zero-order valence-electron chi connectivity index (χ0n) is 11.6. The molecule has 1 aromatic rings. The molecule has 0 amide bonds. The first-order valence-corrected chi connectivity index (χ1v) is 9.26. The van der Waals surface area contributed by atoms with E-state index >= 15 is 0 Å². The molecule has 21 heavy (non-hydrogen) atoms. The average molecular weight is 347 g/mol. The largest absolute Gasteiger partial charge is 0.389 e. The Morgan fingerprint density at radius 2 is 2.00 bits per heavy atom. The van der Waals surface area contributed by atoms with Gasteiger partial charge in [0.05, 0.1) is 5.02 Å². The predicted molar refractivity (Wildman–Crippen MR) is 89.1 cm³/mol. The summed E-state index contributed by atoms with van der Waals surface area (Å²) in [5, 5.41) is 0.136. The lowest BCUT2D eigenvalue weighted by molar-refractivity contribution is 0.357. The van der Waals surface area contributed by atoms with Crippen molar-refractivity contribution < 1.29 is 8.42 Å². The molecule has 0 aliphatic heterocycles. The van der Waals surface area contributed by atoms with Crippen LogP contribution in [0.5, 0.6) is 0 Å². The van der Waals surface area contributed by atoms with E-state index in [9.17, 15) is 8.42 Å². The van der Waals surface area contributed by atoms with Crippen molar-refractivity contribution >= 4 is 38.8 Å². The maximum atomic E-state index is 12.3. The molecule has 3 N–H and O–H groups in total. The van der Waals surface area contributed by atoms with Crippen molar-refractivity contribution in [3.05, 3.63) is 28.8 Å². The maximum Gasteiger partial charge on any atom is 0.242 e. The zero-order valence-corrected chi connectivity index (χ0v) is 14.0. The fourth-order valence-electron chi connectivity index (χ4n) is 2.57. The molecule has 1 aliphatic carbocycles. The molecule has 116 valence electrons. The van der Waals surface area contributed by atoms with Crippen LogP contribution in [0.1, 0.15) is 37.7 Å².